The number of pyridine rings is 1. The Morgan fingerprint density at radius 2 is 1.95 bits per heavy atom. The first kappa shape index (κ1) is 16.2. The van der Waals surface area contributed by atoms with Crippen molar-refractivity contribution in [1.29, 1.82) is 0 Å². The number of hydrogen-bond donors (Lipinski definition) is 2. The summed E-state index contributed by atoms with van der Waals surface area (Å²) in [7, 11) is 0. The lowest BCUT2D eigenvalue weighted by molar-refractivity contribution is 0.102. The van der Waals surface area contributed by atoms with E-state index in [1.807, 2.05) is 20.8 Å². The van der Waals surface area contributed by atoms with Crippen molar-refractivity contribution >= 4 is 29.0 Å². The second-order valence-electron chi connectivity index (χ2n) is 5.86. The first-order valence-corrected chi connectivity index (χ1v) is 7.14. The third-order valence-electron chi connectivity index (χ3n) is 2.71. The fourth-order valence-corrected chi connectivity index (χ4v) is 2.12. The molecule has 2 N–H and O–H groups in total. The molecule has 2 rings (SSSR count). The molecule has 0 saturated carbocycles. The van der Waals surface area contributed by atoms with Gasteiger partial charge in [0, 0.05) is 5.54 Å². The Bertz CT molecular complexity index is 661. The predicted molar refractivity (Wildman–Crippen MR) is 87.0 cm³/mol. The largest absolute Gasteiger partial charge is 0.379 e. The second kappa shape index (κ2) is 6.32. The first-order valence-electron chi connectivity index (χ1n) is 6.76. The number of nitrogens with zero attached hydrogens (tertiary/aromatic N) is 1. The van der Waals surface area contributed by atoms with Gasteiger partial charge in [0.25, 0.3) is 5.91 Å². The van der Waals surface area contributed by atoms with Gasteiger partial charge in [-0.15, -0.1) is 0 Å². The average Bonchev–Trinajstić information content (AvgIpc) is 2.39. The zero-order chi connectivity index (χ0) is 16.3. The van der Waals surface area contributed by atoms with Crippen LogP contribution in [0.3, 0.4) is 0 Å². The third-order valence-corrected chi connectivity index (χ3v) is 3.03. The van der Waals surface area contributed by atoms with Crippen LogP contribution in [0, 0.1) is 5.82 Å². The molecule has 116 valence electrons. The zero-order valence-electron chi connectivity index (χ0n) is 12.6. The number of benzene rings is 1. The monoisotopic (exact) mass is 321 g/mol. The summed E-state index contributed by atoms with van der Waals surface area (Å²) in [4.78, 5) is 16.2. The standard InChI is InChI=1S/C16H17ClFN3O/c1-16(2,3)21-10-7-8-13(19-9-10)20-15(22)14-11(17)5-4-6-12(14)18/h4-9,21H,1-3H3,(H,19,20,22). The summed E-state index contributed by atoms with van der Waals surface area (Å²) < 4.78 is 13.7. The van der Waals surface area contributed by atoms with Gasteiger partial charge >= 0.3 is 0 Å². The van der Waals surface area contributed by atoms with Crippen molar-refractivity contribution in [2.45, 2.75) is 26.3 Å². The summed E-state index contributed by atoms with van der Waals surface area (Å²) in [5.41, 5.74) is 0.546. The van der Waals surface area contributed by atoms with Crippen LogP contribution in [0.4, 0.5) is 15.9 Å². The Labute approximate surface area is 133 Å². The Hall–Kier alpha value is -2.14. The summed E-state index contributed by atoms with van der Waals surface area (Å²) in [5, 5.41) is 5.84. The lowest BCUT2D eigenvalue weighted by atomic mass is 10.1. The number of amides is 1. The lowest BCUT2D eigenvalue weighted by Gasteiger charge is -2.21. The average molecular weight is 322 g/mol. The SMILES string of the molecule is CC(C)(C)Nc1ccc(NC(=O)c2c(F)cccc2Cl)nc1. The van der Waals surface area contributed by atoms with Crippen LogP contribution in [-0.2, 0) is 0 Å². The second-order valence-corrected chi connectivity index (χ2v) is 6.27. The van der Waals surface area contributed by atoms with Gasteiger partial charge in [0.2, 0.25) is 0 Å². The van der Waals surface area contributed by atoms with E-state index in [1.54, 1.807) is 18.3 Å². The van der Waals surface area contributed by atoms with Crippen molar-refractivity contribution in [1.82, 2.24) is 4.98 Å². The minimum atomic E-state index is -0.670. The molecule has 2 aromatic rings. The number of hydrogen-bond acceptors (Lipinski definition) is 3. The van der Waals surface area contributed by atoms with Gasteiger partial charge in [-0.25, -0.2) is 9.37 Å². The van der Waals surface area contributed by atoms with Crippen molar-refractivity contribution in [3.8, 4) is 0 Å². The third kappa shape index (κ3) is 4.18. The van der Waals surface area contributed by atoms with Gasteiger partial charge in [-0.3, -0.25) is 4.79 Å². The van der Waals surface area contributed by atoms with Gasteiger partial charge in [0.05, 0.1) is 22.5 Å². The molecular weight excluding hydrogens is 305 g/mol. The van der Waals surface area contributed by atoms with Crippen LogP contribution >= 0.6 is 11.6 Å². The Morgan fingerprint density at radius 3 is 2.50 bits per heavy atom. The fraction of sp³-hybridized carbons (Fsp3) is 0.250. The molecule has 0 bridgehead atoms. The highest BCUT2D eigenvalue weighted by Gasteiger charge is 2.16. The minimum absolute atomic E-state index is 0.0588. The van der Waals surface area contributed by atoms with E-state index in [2.05, 4.69) is 15.6 Å². The van der Waals surface area contributed by atoms with Crippen molar-refractivity contribution in [3.63, 3.8) is 0 Å². The van der Waals surface area contributed by atoms with Crippen LogP contribution < -0.4 is 10.6 Å². The first-order chi connectivity index (χ1) is 10.3. The molecule has 1 heterocycles. The molecule has 4 nitrogen and oxygen atoms in total. The molecule has 1 aromatic heterocycles. The number of anilines is 2. The molecule has 0 spiro atoms. The molecule has 0 atom stereocenters. The number of carbonyl (C=O) groups excluding carboxylic acids is 1. The molecule has 0 fully saturated rings. The van der Waals surface area contributed by atoms with Gasteiger partial charge in [-0.05, 0) is 45.0 Å². The number of halogens is 2. The Balaban J connectivity index is 2.12. The highest BCUT2D eigenvalue weighted by Crippen LogP contribution is 2.21. The van der Waals surface area contributed by atoms with Gasteiger partial charge in [0.1, 0.15) is 11.6 Å². The number of carbonyl (C=O) groups is 1. The van der Waals surface area contributed by atoms with Gasteiger partial charge in [0.15, 0.2) is 0 Å². The van der Waals surface area contributed by atoms with Crippen LogP contribution in [-0.4, -0.2) is 16.4 Å². The molecule has 0 radical (unpaired) electrons. The topological polar surface area (TPSA) is 54.0 Å². The molecule has 6 heteroatoms. The lowest BCUT2D eigenvalue weighted by Crippen LogP contribution is -2.26. The number of rotatable bonds is 3. The maximum atomic E-state index is 13.7. The molecule has 22 heavy (non-hydrogen) atoms. The summed E-state index contributed by atoms with van der Waals surface area (Å²) in [5.74, 6) is -0.980. The predicted octanol–water partition coefficient (Wildman–Crippen LogP) is 4.34. The smallest absolute Gasteiger partial charge is 0.261 e. The van der Waals surface area contributed by atoms with E-state index in [0.29, 0.717) is 5.82 Å². The summed E-state index contributed by atoms with van der Waals surface area (Å²) in [6, 6.07) is 7.52. The van der Waals surface area contributed by atoms with Crippen molar-refractivity contribution < 1.29 is 9.18 Å². The molecule has 0 aliphatic rings. The maximum Gasteiger partial charge on any atom is 0.261 e. The van der Waals surface area contributed by atoms with E-state index in [-0.39, 0.29) is 16.1 Å². The minimum Gasteiger partial charge on any atom is -0.379 e. The quantitative estimate of drug-likeness (QED) is 0.884. The normalized spacial score (nSPS) is 11.1. The highest BCUT2D eigenvalue weighted by molar-refractivity contribution is 6.34. The number of nitrogens with one attached hydrogen (secondary N) is 2. The summed E-state index contributed by atoms with van der Waals surface area (Å²) in [6.45, 7) is 6.09. The van der Waals surface area contributed by atoms with E-state index >= 15 is 0 Å². The van der Waals surface area contributed by atoms with E-state index in [9.17, 15) is 9.18 Å². The van der Waals surface area contributed by atoms with Crippen LogP contribution in [0.25, 0.3) is 0 Å². The van der Waals surface area contributed by atoms with Crippen LogP contribution in [0.1, 0.15) is 31.1 Å². The van der Waals surface area contributed by atoms with E-state index in [0.717, 1.165) is 5.69 Å². The van der Waals surface area contributed by atoms with Gasteiger partial charge in [-0.1, -0.05) is 17.7 Å². The van der Waals surface area contributed by atoms with Gasteiger partial charge in [-0.2, -0.15) is 0 Å². The fourth-order valence-electron chi connectivity index (χ4n) is 1.87. The van der Waals surface area contributed by atoms with Crippen molar-refractivity contribution in [2.24, 2.45) is 0 Å². The molecular formula is C16H17ClFN3O. The van der Waals surface area contributed by atoms with Crippen LogP contribution in [0.2, 0.25) is 5.02 Å². The Kier molecular flexibility index (Phi) is 4.66. The highest BCUT2D eigenvalue weighted by atomic mass is 35.5. The molecule has 0 unspecified atom stereocenters. The van der Waals surface area contributed by atoms with Crippen molar-refractivity contribution in [3.05, 3.63) is 52.9 Å². The summed E-state index contributed by atoms with van der Waals surface area (Å²) >= 11 is 5.86. The number of aromatic nitrogens is 1. The maximum absolute atomic E-state index is 13.7. The Morgan fingerprint density at radius 1 is 1.23 bits per heavy atom. The van der Waals surface area contributed by atoms with Crippen LogP contribution in [0.5, 0.6) is 0 Å². The zero-order valence-corrected chi connectivity index (χ0v) is 13.3. The van der Waals surface area contributed by atoms with E-state index < -0.39 is 11.7 Å². The molecule has 0 aliphatic heterocycles. The summed E-state index contributed by atoms with van der Waals surface area (Å²) in [6.07, 6.45) is 1.60. The van der Waals surface area contributed by atoms with Crippen molar-refractivity contribution in [2.75, 3.05) is 10.6 Å². The molecule has 0 aliphatic carbocycles. The molecule has 0 saturated heterocycles. The molecule has 1 aromatic carbocycles. The van der Waals surface area contributed by atoms with E-state index in [4.69, 9.17) is 11.6 Å². The van der Waals surface area contributed by atoms with Crippen LogP contribution in [0.15, 0.2) is 36.5 Å². The van der Waals surface area contributed by atoms with Gasteiger partial charge < -0.3 is 10.6 Å². The molecule has 1 amide bonds. The van der Waals surface area contributed by atoms with E-state index in [1.165, 1.54) is 18.2 Å².